The van der Waals surface area contributed by atoms with Gasteiger partial charge in [-0.25, -0.2) is 0 Å². The van der Waals surface area contributed by atoms with Gasteiger partial charge >= 0.3 is 0 Å². The molecule has 1 aromatic rings. The van der Waals surface area contributed by atoms with E-state index in [2.05, 4.69) is 15.9 Å². The van der Waals surface area contributed by atoms with Gasteiger partial charge in [-0.05, 0) is 32.4 Å². The number of aryl methyl sites for hydroxylation is 1. The van der Waals surface area contributed by atoms with Crippen LogP contribution in [0.1, 0.15) is 27.0 Å². The van der Waals surface area contributed by atoms with Crippen LogP contribution in [0.4, 0.5) is 5.69 Å². The maximum absolute atomic E-state index is 11.6. The van der Waals surface area contributed by atoms with E-state index < -0.39 is 4.92 Å². The topological polar surface area (TPSA) is 60.2 Å². The highest BCUT2D eigenvalue weighted by atomic mass is 79.9. The molecule has 5 heteroatoms. The summed E-state index contributed by atoms with van der Waals surface area (Å²) in [5.41, 5.74) is 2.43. The van der Waals surface area contributed by atoms with Crippen LogP contribution >= 0.6 is 15.9 Å². The van der Waals surface area contributed by atoms with Gasteiger partial charge in [0.05, 0.1) is 10.3 Å². The van der Waals surface area contributed by atoms with E-state index in [1.54, 1.807) is 26.8 Å². The van der Waals surface area contributed by atoms with Crippen molar-refractivity contribution in [2.45, 2.75) is 20.8 Å². The zero-order chi connectivity index (χ0) is 12.5. The highest BCUT2D eigenvalue weighted by Crippen LogP contribution is 2.28. The van der Waals surface area contributed by atoms with E-state index in [4.69, 9.17) is 0 Å². The number of ketones is 1. The van der Waals surface area contributed by atoms with Crippen LogP contribution in [0, 0.1) is 30.9 Å². The maximum Gasteiger partial charge on any atom is 0.275 e. The molecule has 0 unspecified atom stereocenters. The molecule has 1 rings (SSSR count). The summed E-state index contributed by atoms with van der Waals surface area (Å²) in [6, 6.07) is 1.59. The van der Waals surface area contributed by atoms with E-state index in [0.29, 0.717) is 22.3 Å². The number of nitro groups is 1. The number of hydrogen-bond acceptors (Lipinski definition) is 3. The summed E-state index contributed by atoms with van der Waals surface area (Å²) < 4.78 is 0. The fraction of sp³-hybridized carbons (Fsp3) is 0.364. The molecule has 0 aliphatic heterocycles. The molecule has 0 N–H and O–H groups in total. The number of nitrogens with zero attached hydrogens (tertiary/aromatic N) is 1. The molecule has 4 nitrogen and oxygen atoms in total. The fourth-order valence-electron chi connectivity index (χ4n) is 1.71. The van der Waals surface area contributed by atoms with E-state index in [-0.39, 0.29) is 16.8 Å². The Bertz CT molecular complexity index is 469. The second-order valence-corrected chi connectivity index (χ2v) is 4.21. The number of alkyl halides is 1. The quantitative estimate of drug-likeness (QED) is 0.371. The monoisotopic (exact) mass is 285 g/mol. The van der Waals surface area contributed by atoms with Crippen LogP contribution < -0.4 is 0 Å². The number of halogens is 1. The maximum atomic E-state index is 11.6. The minimum atomic E-state index is -0.403. The molecule has 16 heavy (non-hydrogen) atoms. The van der Waals surface area contributed by atoms with Gasteiger partial charge in [0.1, 0.15) is 0 Å². The van der Waals surface area contributed by atoms with Crippen LogP contribution in [0.25, 0.3) is 0 Å². The summed E-state index contributed by atoms with van der Waals surface area (Å²) in [6.07, 6.45) is 0. The zero-order valence-electron chi connectivity index (χ0n) is 9.33. The van der Waals surface area contributed by atoms with E-state index in [1.807, 2.05) is 0 Å². The molecule has 0 saturated heterocycles. The number of rotatable bonds is 3. The molecule has 86 valence electrons. The van der Waals surface area contributed by atoms with Crippen LogP contribution in [0.3, 0.4) is 0 Å². The van der Waals surface area contributed by atoms with Crippen molar-refractivity contribution in [3.8, 4) is 0 Å². The Kier molecular flexibility index (Phi) is 3.80. The Labute approximate surface area is 102 Å². The summed E-state index contributed by atoms with van der Waals surface area (Å²) in [5.74, 6) is -0.0569. The SMILES string of the molecule is Cc1cc(C(=O)CBr)c(C)c(C)c1[N+](=O)[O-]. The Morgan fingerprint density at radius 2 is 1.94 bits per heavy atom. The van der Waals surface area contributed by atoms with Crippen molar-refractivity contribution < 1.29 is 9.72 Å². The average molecular weight is 286 g/mol. The van der Waals surface area contributed by atoms with Gasteiger partial charge in [-0.1, -0.05) is 15.9 Å². The first-order chi connectivity index (χ1) is 7.40. The van der Waals surface area contributed by atoms with Gasteiger partial charge in [0.25, 0.3) is 5.69 Å². The standard InChI is InChI=1S/C11H12BrNO3/c1-6-4-9(10(14)5-12)7(2)8(3)11(6)13(15)16/h4H,5H2,1-3H3. The molecule has 0 bridgehead atoms. The minimum Gasteiger partial charge on any atom is -0.293 e. The van der Waals surface area contributed by atoms with Crippen LogP contribution in [0.5, 0.6) is 0 Å². The summed E-state index contributed by atoms with van der Waals surface area (Å²) >= 11 is 3.10. The smallest absolute Gasteiger partial charge is 0.275 e. The zero-order valence-corrected chi connectivity index (χ0v) is 10.9. The van der Waals surface area contributed by atoms with E-state index in [9.17, 15) is 14.9 Å². The van der Waals surface area contributed by atoms with Crippen molar-refractivity contribution >= 4 is 27.4 Å². The van der Waals surface area contributed by atoms with Gasteiger partial charge < -0.3 is 0 Å². The van der Waals surface area contributed by atoms with Gasteiger partial charge in [-0.3, -0.25) is 14.9 Å². The number of Topliss-reactive ketones (excluding diaryl/α,β-unsaturated/α-hetero) is 1. The predicted octanol–water partition coefficient (Wildman–Crippen LogP) is 3.10. The molecule has 0 amide bonds. The van der Waals surface area contributed by atoms with Crippen LogP contribution in [0.15, 0.2) is 6.07 Å². The van der Waals surface area contributed by atoms with Crippen LogP contribution in [0.2, 0.25) is 0 Å². The molecule has 0 aliphatic carbocycles. The lowest BCUT2D eigenvalue weighted by atomic mass is 9.96. The number of benzene rings is 1. The first-order valence-electron chi connectivity index (χ1n) is 4.74. The molecular weight excluding hydrogens is 274 g/mol. The number of nitro benzene ring substituents is 1. The summed E-state index contributed by atoms with van der Waals surface area (Å²) in [7, 11) is 0. The lowest BCUT2D eigenvalue weighted by Gasteiger charge is -2.09. The third-order valence-corrected chi connectivity index (χ3v) is 3.17. The Morgan fingerprint density at radius 3 is 2.38 bits per heavy atom. The first kappa shape index (κ1) is 12.8. The molecule has 0 aromatic heterocycles. The average Bonchev–Trinajstić information content (AvgIpc) is 2.22. The van der Waals surface area contributed by atoms with Crippen molar-refractivity contribution in [3.63, 3.8) is 0 Å². The number of carbonyl (C=O) groups excluding carboxylic acids is 1. The minimum absolute atomic E-state index is 0.0569. The highest BCUT2D eigenvalue weighted by Gasteiger charge is 2.21. The van der Waals surface area contributed by atoms with Crippen molar-refractivity contribution in [1.29, 1.82) is 0 Å². The van der Waals surface area contributed by atoms with Gasteiger partial charge in [0.2, 0.25) is 0 Å². The highest BCUT2D eigenvalue weighted by molar-refractivity contribution is 9.09. The lowest BCUT2D eigenvalue weighted by Crippen LogP contribution is -2.07. The molecule has 0 atom stereocenters. The second kappa shape index (κ2) is 4.74. The van der Waals surface area contributed by atoms with Crippen LogP contribution in [-0.2, 0) is 0 Å². The van der Waals surface area contributed by atoms with Gasteiger partial charge in [0.15, 0.2) is 5.78 Å². The summed E-state index contributed by atoms with van der Waals surface area (Å²) in [5, 5.41) is 11.1. The number of carbonyl (C=O) groups is 1. The van der Waals surface area contributed by atoms with E-state index >= 15 is 0 Å². The number of hydrogen-bond donors (Lipinski definition) is 0. The third kappa shape index (κ3) is 2.14. The van der Waals surface area contributed by atoms with E-state index in [1.165, 1.54) is 0 Å². The predicted molar refractivity (Wildman–Crippen MR) is 65.4 cm³/mol. The van der Waals surface area contributed by atoms with Crippen molar-refractivity contribution in [2.75, 3.05) is 5.33 Å². The van der Waals surface area contributed by atoms with Crippen molar-refractivity contribution in [2.24, 2.45) is 0 Å². The molecule has 0 heterocycles. The normalized spacial score (nSPS) is 10.2. The van der Waals surface area contributed by atoms with Crippen molar-refractivity contribution in [1.82, 2.24) is 0 Å². The molecule has 0 aliphatic rings. The summed E-state index contributed by atoms with van der Waals surface area (Å²) in [6.45, 7) is 5.05. The molecule has 0 radical (unpaired) electrons. The fourth-order valence-corrected chi connectivity index (χ4v) is 2.01. The molecule has 1 aromatic carbocycles. The van der Waals surface area contributed by atoms with Crippen molar-refractivity contribution in [3.05, 3.63) is 38.4 Å². The summed E-state index contributed by atoms with van der Waals surface area (Å²) in [4.78, 5) is 22.1. The largest absolute Gasteiger partial charge is 0.293 e. The Balaban J connectivity index is 3.51. The molecule has 0 fully saturated rings. The molecular formula is C11H12BrNO3. The van der Waals surface area contributed by atoms with Crippen LogP contribution in [-0.4, -0.2) is 16.0 Å². The Morgan fingerprint density at radius 1 is 1.38 bits per heavy atom. The lowest BCUT2D eigenvalue weighted by molar-refractivity contribution is -0.386. The Hall–Kier alpha value is -1.23. The van der Waals surface area contributed by atoms with Gasteiger partial charge in [0, 0.05) is 16.7 Å². The van der Waals surface area contributed by atoms with Gasteiger partial charge in [-0.2, -0.15) is 0 Å². The first-order valence-corrected chi connectivity index (χ1v) is 5.86. The molecule has 0 saturated carbocycles. The second-order valence-electron chi connectivity index (χ2n) is 3.65. The third-order valence-electron chi connectivity index (χ3n) is 2.66. The van der Waals surface area contributed by atoms with E-state index in [0.717, 1.165) is 0 Å². The molecule has 0 spiro atoms. The van der Waals surface area contributed by atoms with Gasteiger partial charge in [-0.15, -0.1) is 0 Å².